The highest BCUT2D eigenvalue weighted by Crippen LogP contribution is 2.17. The molecule has 1 aliphatic heterocycles. The highest BCUT2D eigenvalue weighted by Gasteiger charge is 2.18. The van der Waals surface area contributed by atoms with E-state index in [1.54, 1.807) is 18.8 Å². The number of piperidine rings is 1. The van der Waals surface area contributed by atoms with Crippen LogP contribution in [-0.2, 0) is 0 Å². The van der Waals surface area contributed by atoms with Gasteiger partial charge in [0.25, 0.3) is 0 Å². The van der Waals surface area contributed by atoms with Crippen LogP contribution in [0.2, 0.25) is 0 Å². The summed E-state index contributed by atoms with van der Waals surface area (Å²) in [7, 11) is 1.80. The van der Waals surface area contributed by atoms with Crippen LogP contribution < -0.4 is 10.6 Å². The Labute approximate surface area is 171 Å². The van der Waals surface area contributed by atoms with Crippen LogP contribution in [0.4, 0.5) is 4.39 Å². The van der Waals surface area contributed by atoms with Crippen LogP contribution in [0.25, 0.3) is 0 Å². The Balaban J connectivity index is 0.00000312. The minimum Gasteiger partial charge on any atom is -0.356 e. The van der Waals surface area contributed by atoms with Crippen molar-refractivity contribution < 1.29 is 4.39 Å². The maximum Gasteiger partial charge on any atom is 0.191 e. The van der Waals surface area contributed by atoms with Crippen LogP contribution in [0.5, 0.6) is 0 Å². The molecule has 1 aromatic rings. The Bertz CT molecular complexity index is 530. The predicted molar refractivity (Wildman–Crippen MR) is 117 cm³/mol. The number of guanidine groups is 1. The van der Waals surface area contributed by atoms with Gasteiger partial charge in [0.15, 0.2) is 5.96 Å². The van der Waals surface area contributed by atoms with Crippen LogP contribution in [0.1, 0.15) is 12.8 Å². The summed E-state index contributed by atoms with van der Waals surface area (Å²) >= 11 is 1.71. The average molecular weight is 478 g/mol. The number of hydrogen-bond donors (Lipinski definition) is 2. The first kappa shape index (κ1) is 22.2. The maximum absolute atomic E-state index is 12.9. The highest BCUT2D eigenvalue weighted by molar-refractivity contribution is 14.0. The zero-order valence-electron chi connectivity index (χ0n) is 14.7. The van der Waals surface area contributed by atoms with Crippen LogP contribution in [0.3, 0.4) is 0 Å². The van der Waals surface area contributed by atoms with Gasteiger partial charge >= 0.3 is 0 Å². The van der Waals surface area contributed by atoms with Crippen molar-refractivity contribution in [2.45, 2.75) is 23.8 Å². The third-order valence-electron chi connectivity index (χ3n) is 4.02. The van der Waals surface area contributed by atoms with Gasteiger partial charge in [0.1, 0.15) is 5.82 Å². The van der Waals surface area contributed by atoms with Crippen LogP contribution in [-0.4, -0.2) is 55.9 Å². The number of benzene rings is 1. The minimum atomic E-state index is -0.193. The molecule has 0 atom stereocenters. The van der Waals surface area contributed by atoms with Gasteiger partial charge in [0, 0.05) is 49.9 Å². The number of nitrogens with zero attached hydrogens (tertiary/aromatic N) is 2. The summed E-state index contributed by atoms with van der Waals surface area (Å²) in [5.41, 5.74) is 0. The van der Waals surface area contributed by atoms with E-state index in [1.165, 1.54) is 12.1 Å². The Hall–Kier alpha value is -0.800. The molecular formula is C18H28FIN4S. The van der Waals surface area contributed by atoms with Gasteiger partial charge in [-0.15, -0.1) is 42.3 Å². The molecule has 25 heavy (non-hydrogen) atoms. The first-order valence-corrected chi connectivity index (χ1v) is 9.38. The Morgan fingerprint density at radius 3 is 2.64 bits per heavy atom. The molecule has 1 heterocycles. The van der Waals surface area contributed by atoms with Gasteiger partial charge in [-0.2, -0.15) is 0 Å². The van der Waals surface area contributed by atoms with Crippen molar-refractivity contribution in [2.24, 2.45) is 4.99 Å². The highest BCUT2D eigenvalue weighted by atomic mass is 127. The lowest BCUT2D eigenvalue weighted by molar-refractivity contribution is 0.225. The van der Waals surface area contributed by atoms with Crippen molar-refractivity contribution in [1.29, 1.82) is 0 Å². The molecule has 2 N–H and O–H groups in total. The number of hydrogen-bond acceptors (Lipinski definition) is 3. The maximum atomic E-state index is 12.9. The molecule has 0 aliphatic carbocycles. The summed E-state index contributed by atoms with van der Waals surface area (Å²) in [5.74, 6) is 1.57. The molecule has 0 radical (unpaired) electrons. The quantitative estimate of drug-likeness (QED) is 0.158. The average Bonchev–Trinajstić information content (AvgIpc) is 2.61. The first-order chi connectivity index (χ1) is 11.7. The fourth-order valence-electron chi connectivity index (χ4n) is 2.70. The van der Waals surface area contributed by atoms with E-state index < -0.39 is 0 Å². The Kier molecular flexibility index (Phi) is 11.2. The molecule has 0 saturated carbocycles. The van der Waals surface area contributed by atoms with E-state index in [-0.39, 0.29) is 29.8 Å². The molecule has 0 unspecified atom stereocenters. The van der Waals surface area contributed by atoms with E-state index in [4.69, 9.17) is 0 Å². The van der Waals surface area contributed by atoms with Crippen LogP contribution >= 0.6 is 35.7 Å². The topological polar surface area (TPSA) is 39.7 Å². The summed E-state index contributed by atoms with van der Waals surface area (Å²) in [4.78, 5) is 7.80. The van der Waals surface area contributed by atoms with Crippen molar-refractivity contribution in [3.8, 4) is 0 Å². The second kappa shape index (κ2) is 12.5. The van der Waals surface area contributed by atoms with Gasteiger partial charge in [-0.3, -0.25) is 9.89 Å². The van der Waals surface area contributed by atoms with Gasteiger partial charge < -0.3 is 10.6 Å². The van der Waals surface area contributed by atoms with Gasteiger partial charge in [-0.1, -0.05) is 6.08 Å². The van der Waals surface area contributed by atoms with Crippen LogP contribution in [0, 0.1) is 5.82 Å². The summed E-state index contributed by atoms with van der Waals surface area (Å²) < 4.78 is 12.9. The zero-order valence-corrected chi connectivity index (χ0v) is 17.9. The number of likely N-dealkylation sites (tertiary alicyclic amines) is 1. The van der Waals surface area contributed by atoms with E-state index in [0.29, 0.717) is 6.04 Å². The fraction of sp³-hybridized carbons (Fsp3) is 0.500. The molecule has 2 rings (SSSR count). The third-order valence-corrected chi connectivity index (χ3v) is 5.03. The molecule has 1 saturated heterocycles. The van der Waals surface area contributed by atoms with Crippen molar-refractivity contribution >= 4 is 41.7 Å². The standard InChI is InChI=1S/C18H27FN4S.HI/c1-3-11-23-12-8-16(9-13-23)22-18(20-2)21-10-14-24-17-6-4-15(19)5-7-17;/h3-7,16H,1,8-14H2,2H3,(H2,20,21,22);1H. The van der Waals surface area contributed by atoms with E-state index >= 15 is 0 Å². The van der Waals surface area contributed by atoms with E-state index in [9.17, 15) is 4.39 Å². The summed E-state index contributed by atoms with van der Waals surface area (Å²) in [5, 5.41) is 6.85. The number of nitrogens with one attached hydrogen (secondary N) is 2. The number of rotatable bonds is 7. The van der Waals surface area contributed by atoms with E-state index in [0.717, 1.165) is 55.6 Å². The predicted octanol–water partition coefficient (Wildman–Crippen LogP) is 3.35. The Morgan fingerprint density at radius 2 is 2.04 bits per heavy atom. The lowest BCUT2D eigenvalue weighted by atomic mass is 10.1. The van der Waals surface area contributed by atoms with Crippen molar-refractivity contribution in [3.05, 3.63) is 42.7 Å². The van der Waals surface area contributed by atoms with Crippen molar-refractivity contribution in [3.63, 3.8) is 0 Å². The monoisotopic (exact) mass is 478 g/mol. The lowest BCUT2D eigenvalue weighted by Crippen LogP contribution is -2.49. The minimum absolute atomic E-state index is 0. The summed E-state index contributed by atoms with van der Waals surface area (Å²) in [6.45, 7) is 7.78. The molecule has 7 heteroatoms. The fourth-order valence-corrected chi connectivity index (χ4v) is 3.47. The van der Waals surface area contributed by atoms with Gasteiger partial charge in [-0.05, 0) is 37.1 Å². The second-order valence-electron chi connectivity index (χ2n) is 5.81. The van der Waals surface area contributed by atoms with Gasteiger partial charge in [-0.25, -0.2) is 4.39 Å². The normalized spacial score (nSPS) is 16.2. The zero-order chi connectivity index (χ0) is 17.2. The van der Waals surface area contributed by atoms with Crippen LogP contribution in [0.15, 0.2) is 46.8 Å². The van der Waals surface area contributed by atoms with Gasteiger partial charge in [0.2, 0.25) is 0 Å². The molecule has 0 amide bonds. The molecule has 140 valence electrons. The molecule has 1 aliphatic rings. The van der Waals surface area contributed by atoms with E-state index in [2.05, 4.69) is 27.1 Å². The third kappa shape index (κ3) is 8.42. The van der Waals surface area contributed by atoms with Crippen molar-refractivity contribution in [2.75, 3.05) is 39.0 Å². The SMILES string of the molecule is C=CCN1CCC(NC(=NC)NCCSc2ccc(F)cc2)CC1.I. The van der Waals surface area contributed by atoms with E-state index in [1.807, 2.05) is 18.2 Å². The molecule has 0 spiro atoms. The van der Waals surface area contributed by atoms with Gasteiger partial charge in [0.05, 0.1) is 0 Å². The summed E-state index contributed by atoms with van der Waals surface area (Å²) in [6, 6.07) is 7.08. The smallest absolute Gasteiger partial charge is 0.191 e. The first-order valence-electron chi connectivity index (χ1n) is 8.40. The number of thioether (sulfide) groups is 1. The number of halogens is 2. The molecule has 0 aromatic heterocycles. The molecule has 1 aromatic carbocycles. The molecule has 0 bridgehead atoms. The molecule has 1 fully saturated rings. The Morgan fingerprint density at radius 1 is 1.36 bits per heavy atom. The lowest BCUT2D eigenvalue weighted by Gasteiger charge is -2.32. The molecular weight excluding hydrogens is 450 g/mol. The second-order valence-corrected chi connectivity index (χ2v) is 6.98. The number of aliphatic imine (C=N–C) groups is 1. The van der Waals surface area contributed by atoms with Crippen molar-refractivity contribution in [1.82, 2.24) is 15.5 Å². The largest absolute Gasteiger partial charge is 0.356 e. The summed E-state index contributed by atoms with van der Waals surface area (Å²) in [6.07, 6.45) is 4.21. The molecule has 4 nitrogen and oxygen atoms in total.